The van der Waals surface area contributed by atoms with Crippen LogP contribution in [0.5, 0.6) is 0 Å². The summed E-state index contributed by atoms with van der Waals surface area (Å²) in [5.74, 6) is 0.674. The number of anilines is 1. The van der Waals surface area contributed by atoms with Crippen LogP contribution in [0.2, 0.25) is 0 Å². The monoisotopic (exact) mass is 283 g/mol. The van der Waals surface area contributed by atoms with Crippen molar-refractivity contribution in [2.24, 2.45) is 5.92 Å². The molecule has 19 heavy (non-hydrogen) atoms. The third-order valence-corrected chi connectivity index (χ3v) is 4.47. The molecule has 1 aliphatic carbocycles. The molecule has 5 heteroatoms. The molecular weight excluding hydrogens is 258 g/mol. The van der Waals surface area contributed by atoms with E-state index in [-0.39, 0.29) is 0 Å². The minimum Gasteiger partial charge on any atom is -0.378 e. The van der Waals surface area contributed by atoms with Gasteiger partial charge in [-0.05, 0) is 25.3 Å². The summed E-state index contributed by atoms with van der Waals surface area (Å²) >= 11 is 1.80. The number of ether oxygens (including phenoxy) is 1. The van der Waals surface area contributed by atoms with Crippen molar-refractivity contribution in [3.63, 3.8) is 0 Å². The van der Waals surface area contributed by atoms with Crippen molar-refractivity contribution >= 4 is 16.5 Å². The van der Waals surface area contributed by atoms with Crippen molar-refractivity contribution in [2.45, 2.75) is 45.9 Å². The topological polar surface area (TPSA) is 37.4 Å². The molecule has 0 unspecified atom stereocenters. The fraction of sp³-hybridized carbons (Fsp3) is 0.786. The van der Waals surface area contributed by atoms with E-state index in [2.05, 4.69) is 31.1 Å². The molecule has 1 aromatic heterocycles. The van der Waals surface area contributed by atoms with Gasteiger partial charge in [0, 0.05) is 31.6 Å². The second-order valence-corrected chi connectivity index (χ2v) is 6.73. The highest BCUT2D eigenvalue weighted by atomic mass is 32.1. The first-order valence-corrected chi connectivity index (χ1v) is 7.84. The zero-order chi connectivity index (χ0) is 13.8. The molecule has 1 aliphatic rings. The van der Waals surface area contributed by atoms with Crippen LogP contribution in [0, 0.1) is 5.92 Å². The molecule has 1 saturated carbocycles. The molecule has 0 radical (unpaired) electrons. The van der Waals surface area contributed by atoms with Gasteiger partial charge in [-0.25, -0.2) is 4.98 Å². The van der Waals surface area contributed by atoms with Crippen LogP contribution >= 0.6 is 11.3 Å². The van der Waals surface area contributed by atoms with Gasteiger partial charge in [0.2, 0.25) is 0 Å². The molecule has 1 aromatic rings. The number of hydrogen-bond acceptors (Lipinski definition) is 5. The van der Waals surface area contributed by atoms with Gasteiger partial charge in [0.05, 0.1) is 12.3 Å². The average molecular weight is 283 g/mol. The predicted octanol–water partition coefficient (Wildman–Crippen LogP) is 2.63. The SMILES string of the molecule is COCc1nc(N(C)C2CC2)sc1CNCC(C)C. The molecule has 0 aromatic carbocycles. The fourth-order valence-corrected chi connectivity index (χ4v) is 3.07. The van der Waals surface area contributed by atoms with Gasteiger partial charge in [0.15, 0.2) is 5.13 Å². The first-order valence-electron chi connectivity index (χ1n) is 7.03. The quantitative estimate of drug-likeness (QED) is 0.796. The van der Waals surface area contributed by atoms with E-state index in [1.54, 1.807) is 18.4 Å². The lowest BCUT2D eigenvalue weighted by molar-refractivity contribution is 0.181. The molecule has 0 atom stereocenters. The van der Waals surface area contributed by atoms with Crippen molar-refractivity contribution in [1.29, 1.82) is 0 Å². The van der Waals surface area contributed by atoms with E-state index < -0.39 is 0 Å². The Morgan fingerprint density at radius 3 is 2.79 bits per heavy atom. The van der Waals surface area contributed by atoms with E-state index in [1.165, 1.54) is 17.7 Å². The number of thiazole rings is 1. The standard InChI is InChI=1S/C14H25N3OS/c1-10(2)7-15-8-13-12(9-18-4)16-14(19-13)17(3)11-5-6-11/h10-11,15H,5-9H2,1-4H3. The van der Waals surface area contributed by atoms with Crippen LogP contribution < -0.4 is 10.2 Å². The van der Waals surface area contributed by atoms with Gasteiger partial charge >= 0.3 is 0 Å². The molecule has 0 bridgehead atoms. The number of nitrogens with zero attached hydrogens (tertiary/aromatic N) is 2. The van der Waals surface area contributed by atoms with Crippen LogP contribution in [0.1, 0.15) is 37.3 Å². The molecule has 1 fully saturated rings. The molecule has 4 nitrogen and oxygen atoms in total. The second kappa shape index (κ2) is 6.68. The van der Waals surface area contributed by atoms with Crippen molar-refractivity contribution in [1.82, 2.24) is 10.3 Å². The molecule has 0 saturated heterocycles. The van der Waals surface area contributed by atoms with Crippen LogP contribution in [0.25, 0.3) is 0 Å². The van der Waals surface area contributed by atoms with Crippen molar-refractivity contribution in [2.75, 3.05) is 25.6 Å². The van der Waals surface area contributed by atoms with Crippen molar-refractivity contribution < 1.29 is 4.74 Å². The third kappa shape index (κ3) is 4.16. The van der Waals surface area contributed by atoms with Gasteiger partial charge < -0.3 is 15.0 Å². The van der Waals surface area contributed by atoms with E-state index in [0.29, 0.717) is 18.6 Å². The Morgan fingerprint density at radius 1 is 1.47 bits per heavy atom. The molecule has 0 aliphatic heterocycles. The highest BCUT2D eigenvalue weighted by Gasteiger charge is 2.28. The maximum atomic E-state index is 5.26. The molecule has 0 amide bonds. The summed E-state index contributed by atoms with van der Waals surface area (Å²) in [6.07, 6.45) is 2.60. The maximum Gasteiger partial charge on any atom is 0.185 e. The minimum atomic E-state index is 0.605. The fourth-order valence-electron chi connectivity index (χ4n) is 2.00. The summed E-state index contributed by atoms with van der Waals surface area (Å²) < 4.78 is 5.26. The smallest absolute Gasteiger partial charge is 0.185 e. The number of hydrogen-bond donors (Lipinski definition) is 1. The van der Waals surface area contributed by atoms with Crippen LogP contribution in [-0.2, 0) is 17.9 Å². The predicted molar refractivity (Wildman–Crippen MR) is 80.8 cm³/mol. The summed E-state index contributed by atoms with van der Waals surface area (Å²) in [5, 5.41) is 4.63. The molecule has 2 rings (SSSR count). The Labute approximate surface area is 120 Å². The normalized spacial score (nSPS) is 15.2. The Balaban J connectivity index is 2.01. The first kappa shape index (κ1) is 14.8. The zero-order valence-electron chi connectivity index (χ0n) is 12.4. The second-order valence-electron chi connectivity index (χ2n) is 5.67. The lowest BCUT2D eigenvalue weighted by Crippen LogP contribution is -2.19. The number of rotatable bonds is 8. The van der Waals surface area contributed by atoms with Gasteiger partial charge in [-0.3, -0.25) is 0 Å². The van der Waals surface area contributed by atoms with E-state index in [1.807, 2.05) is 0 Å². The largest absolute Gasteiger partial charge is 0.378 e. The van der Waals surface area contributed by atoms with Crippen LogP contribution in [0.15, 0.2) is 0 Å². The number of aromatic nitrogens is 1. The highest BCUT2D eigenvalue weighted by molar-refractivity contribution is 7.15. The van der Waals surface area contributed by atoms with Crippen LogP contribution in [-0.4, -0.2) is 31.7 Å². The van der Waals surface area contributed by atoms with Gasteiger partial charge in [-0.1, -0.05) is 13.8 Å². The van der Waals surface area contributed by atoms with E-state index >= 15 is 0 Å². The minimum absolute atomic E-state index is 0.605. The molecule has 0 spiro atoms. The van der Waals surface area contributed by atoms with Crippen molar-refractivity contribution in [3.8, 4) is 0 Å². The Hall–Kier alpha value is -0.650. The number of nitrogens with one attached hydrogen (secondary N) is 1. The molecular formula is C14H25N3OS. The summed E-state index contributed by atoms with van der Waals surface area (Å²) in [4.78, 5) is 8.36. The van der Waals surface area contributed by atoms with Crippen LogP contribution in [0.3, 0.4) is 0 Å². The third-order valence-electron chi connectivity index (χ3n) is 3.28. The van der Waals surface area contributed by atoms with E-state index in [9.17, 15) is 0 Å². The zero-order valence-corrected chi connectivity index (χ0v) is 13.2. The Bertz CT molecular complexity index is 401. The van der Waals surface area contributed by atoms with E-state index in [0.717, 1.165) is 23.9 Å². The van der Waals surface area contributed by atoms with Crippen LogP contribution in [0.4, 0.5) is 5.13 Å². The number of methoxy groups -OCH3 is 1. The lowest BCUT2D eigenvalue weighted by Gasteiger charge is -2.13. The molecule has 1 heterocycles. The van der Waals surface area contributed by atoms with Gasteiger partial charge in [-0.2, -0.15) is 0 Å². The van der Waals surface area contributed by atoms with Gasteiger partial charge in [-0.15, -0.1) is 11.3 Å². The summed E-state index contributed by atoms with van der Waals surface area (Å²) in [7, 11) is 3.88. The Morgan fingerprint density at radius 2 is 2.21 bits per heavy atom. The van der Waals surface area contributed by atoms with Crippen molar-refractivity contribution in [3.05, 3.63) is 10.6 Å². The molecule has 108 valence electrons. The highest BCUT2D eigenvalue weighted by Crippen LogP contribution is 2.34. The molecule has 1 N–H and O–H groups in total. The summed E-state index contributed by atoms with van der Waals surface area (Å²) in [6, 6.07) is 0.706. The summed E-state index contributed by atoms with van der Waals surface area (Å²) in [5.41, 5.74) is 1.09. The lowest BCUT2D eigenvalue weighted by atomic mass is 10.2. The summed E-state index contributed by atoms with van der Waals surface area (Å²) in [6.45, 7) is 6.99. The Kier molecular flexibility index (Phi) is 5.19. The van der Waals surface area contributed by atoms with Gasteiger partial charge in [0.1, 0.15) is 0 Å². The maximum absolute atomic E-state index is 5.26. The van der Waals surface area contributed by atoms with Gasteiger partial charge in [0.25, 0.3) is 0 Å². The van der Waals surface area contributed by atoms with E-state index in [4.69, 9.17) is 9.72 Å². The average Bonchev–Trinajstić information content (AvgIpc) is 3.13. The first-order chi connectivity index (χ1) is 9.11.